The van der Waals surface area contributed by atoms with Crippen molar-refractivity contribution in [3.05, 3.63) is 29.3 Å². The second-order valence-electron chi connectivity index (χ2n) is 6.43. The van der Waals surface area contributed by atoms with Crippen molar-refractivity contribution in [3.63, 3.8) is 0 Å². The van der Waals surface area contributed by atoms with E-state index in [9.17, 15) is 9.59 Å². The summed E-state index contributed by atoms with van der Waals surface area (Å²) in [5, 5.41) is 11.7. The van der Waals surface area contributed by atoms with Gasteiger partial charge in [0.1, 0.15) is 5.60 Å². The lowest BCUT2D eigenvalue weighted by molar-refractivity contribution is -0.132. The van der Waals surface area contributed by atoms with E-state index in [4.69, 9.17) is 9.84 Å². The van der Waals surface area contributed by atoms with Gasteiger partial charge in [-0.2, -0.15) is 0 Å². The Bertz CT molecular complexity index is 628. The molecule has 126 valence electrons. The Morgan fingerprint density at radius 2 is 1.87 bits per heavy atom. The molecule has 0 heterocycles. The summed E-state index contributed by atoms with van der Waals surface area (Å²) in [7, 11) is 3.76. The van der Waals surface area contributed by atoms with Crippen LogP contribution in [0.4, 0.5) is 16.2 Å². The third-order valence-electron chi connectivity index (χ3n) is 2.90. The normalized spacial score (nSPS) is 11.8. The van der Waals surface area contributed by atoms with Gasteiger partial charge < -0.3 is 14.7 Å². The standard InChI is InChI=1S/C17H24N2O4/c1-11(15(20)21)9-12-7-8-13(19(5)6)10-14(12)18-16(22)23-17(2,3)4/h7-10H,1-6H3,(H,18,22)(H,20,21)/b11-9+. The first-order valence-electron chi connectivity index (χ1n) is 7.22. The quantitative estimate of drug-likeness (QED) is 0.829. The fraction of sp³-hybridized carbons (Fsp3) is 0.412. The van der Waals surface area contributed by atoms with Crippen LogP contribution in [0.3, 0.4) is 0 Å². The van der Waals surface area contributed by atoms with Crippen molar-refractivity contribution in [3.8, 4) is 0 Å². The van der Waals surface area contributed by atoms with E-state index in [1.54, 1.807) is 32.9 Å². The van der Waals surface area contributed by atoms with Gasteiger partial charge in [-0.1, -0.05) is 6.07 Å². The number of carboxylic acids is 1. The molecule has 0 aliphatic rings. The second-order valence-corrected chi connectivity index (χ2v) is 6.43. The SMILES string of the molecule is C/C(=C\c1ccc(N(C)C)cc1NC(=O)OC(C)(C)C)C(=O)O. The van der Waals surface area contributed by atoms with Gasteiger partial charge in [0.15, 0.2) is 0 Å². The van der Waals surface area contributed by atoms with Crippen molar-refractivity contribution in [1.82, 2.24) is 0 Å². The highest BCUT2D eigenvalue weighted by Gasteiger charge is 2.17. The number of carbonyl (C=O) groups excluding carboxylic acids is 1. The Kier molecular flexibility index (Phi) is 5.79. The topological polar surface area (TPSA) is 78.9 Å². The van der Waals surface area contributed by atoms with E-state index in [0.717, 1.165) is 5.69 Å². The predicted octanol–water partition coefficient (Wildman–Crippen LogP) is 3.59. The smallest absolute Gasteiger partial charge is 0.412 e. The van der Waals surface area contributed by atoms with Crippen LogP contribution in [0.5, 0.6) is 0 Å². The lowest BCUT2D eigenvalue weighted by Crippen LogP contribution is -2.27. The Hall–Kier alpha value is -2.50. The molecule has 0 fully saturated rings. The minimum atomic E-state index is -1.01. The number of hydrogen-bond donors (Lipinski definition) is 2. The number of nitrogens with zero attached hydrogens (tertiary/aromatic N) is 1. The summed E-state index contributed by atoms with van der Waals surface area (Å²) in [5.74, 6) is -1.01. The van der Waals surface area contributed by atoms with Gasteiger partial charge in [0.2, 0.25) is 0 Å². The fourth-order valence-corrected chi connectivity index (χ4v) is 1.77. The van der Waals surface area contributed by atoms with Gasteiger partial charge in [0.25, 0.3) is 0 Å². The number of rotatable bonds is 4. The number of hydrogen-bond acceptors (Lipinski definition) is 4. The predicted molar refractivity (Wildman–Crippen MR) is 91.9 cm³/mol. The summed E-state index contributed by atoms with van der Waals surface area (Å²) < 4.78 is 5.25. The Morgan fingerprint density at radius 3 is 2.35 bits per heavy atom. The first-order chi connectivity index (χ1) is 10.5. The first-order valence-corrected chi connectivity index (χ1v) is 7.22. The van der Waals surface area contributed by atoms with Crippen LogP contribution in [0, 0.1) is 0 Å². The van der Waals surface area contributed by atoms with Crippen molar-refractivity contribution in [2.24, 2.45) is 0 Å². The summed E-state index contributed by atoms with van der Waals surface area (Å²) in [5.41, 5.74) is 1.53. The summed E-state index contributed by atoms with van der Waals surface area (Å²) in [6, 6.07) is 5.38. The van der Waals surface area contributed by atoms with E-state index < -0.39 is 17.7 Å². The molecule has 6 heteroatoms. The van der Waals surface area contributed by atoms with Gasteiger partial charge in [-0.25, -0.2) is 9.59 Å². The molecular weight excluding hydrogens is 296 g/mol. The molecule has 6 nitrogen and oxygen atoms in total. The number of ether oxygens (including phenoxy) is 1. The maximum atomic E-state index is 12.0. The Balaban J connectivity index is 3.19. The zero-order chi connectivity index (χ0) is 17.8. The summed E-state index contributed by atoms with van der Waals surface area (Å²) >= 11 is 0. The van der Waals surface area contributed by atoms with E-state index >= 15 is 0 Å². The molecule has 0 atom stereocenters. The second kappa shape index (κ2) is 7.17. The van der Waals surface area contributed by atoms with Crippen LogP contribution in [0.1, 0.15) is 33.3 Å². The minimum Gasteiger partial charge on any atom is -0.478 e. The number of carbonyl (C=O) groups is 2. The molecular formula is C17H24N2O4. The van der Waals surface area contributed by atoms with Crippen LogP contribution in [-0.2, 0) is 9.53 Å². The molecule has 0 bridgehead atoms. The Labute approximate surface area is 136 Å². The monoisotopic (exact) mass is 320 g/mol. The average Bonchev–Trinajstić information content (AvgIpc) is 2.37. The molecule has 0 saturated heterocycles. The molecule has 0 radical (unpaired) electrons. The third-order valence-corrected chi connectivity index (χ3v) is 2.90. The average molecular weight is 320 g/mol. The summed E-state index contributed by atoms with van der Waals surface area (Å²) in [4.78, 5) is 24.9. The third kappa shape index (κ3) is 6.02. The van der Waals surface area contributed by atoms with Gasteiger partial charge in [-0.3, -0.25) is 5.32 Å². The number of nitrogens with one attached hydrogen (secondary N) is 1. The number of amides is 1. The van der Waals surface area contributed by atoms with E-state index in [1.165, 1.54) is 13.0 Å². The van der Waals surface area contributed by atoms with Gasteiger partial charge in [0, 0.05) is 25.4 Å². The maximum Gasteiger partial charge on any atom is 0.412 e. The van der Waals surface area contributed by atoms with Crippen molar-refractivity contribution >= 4 is 29.5 Å². The number of anilines is 2. The molecule has 1 aromatic rings. The Morgan fingerprint density at radius 1 is 1.26 bits per heavy atom. The fourth-order valence-electron chi connectivity index (χ4n) is 1.77. The molecule has 23 heavy (non-hydrogen) atoms. The molecule has 0 aliphatic carbocycles. The van der Waals surface area contributed by atoms with Gasteiger partial charge in [-0.15, -0.1) is 0 Å². The molecule has 2 N–H and O–H groups in total. The van der Waals surface area contributed by atoms with Crippen LogP contribution in [0.15, 0.2) is 23.8 Å². The highest BCUT2D eigenvalue weighted by Crippen LogP contribution is 2.25. The molecule has 0 aromatic heterocycles. The molecule has 0 spiro atoms. The zero-order valence-electron chi connectivity index (χ0n) is 14.4. The highest BCUT2D eigenvalue weighted by molar-refractivity contribution is 5.95. The van der Waals surface area contributed by atoms with Gasteiger partial charge >= 0.3 is 12.1 Å². The van der Waals surface area contributed by atoms with Crippen molar-refractivity contribution in [2.45, 2.75) is 33.3 Å². The largest absolute Gasteiger partial charge is 0.478 e. The van der Waals surface area contributed by atoms with Gasteiger partial charge in [-0.05, 0) is 51.5 Å². The molecule has 1 aromatic carbocycles. The molecule has 0 unspecified atom stereocenters. The summed E-state index contributed by atoms with van der Waals surface area (Å²) in [6.45, 7) is 6.83. The van der Waals surface area contributed by atoms with Crippen LogP contribution >= 0.6 is 0 Å². The van der Waals surface area contributed by atoms with Crippen LogP contribution in [0.2, 0.25) is 0 Å². The van der Waals surface area contributed by atoms with E-state index in [2.05, 4.69) is 5.32 Å². The van der Waals surface area contributed by atoms with E-state index in [1.807, 2.05) is 25.1 Å². The lowest BCUT2D eigenvalue weighted by Gasteiger charge is -2.21. The van der Waals surface area contributed by atoms with Crippen LogP contribution < -0.4 is 10.2 Å². The molecule has 0 saturated carbocycles. The van der Waals surface area contributed by atoms with Gasteiger partial charge in [0.05, 0.1) is 5.69 Å². The number of carboxylic acid groups (broad SMARTS) is 1. The van der Waals surface area contributed by atoms with E-state index in [-0.39, 0.29) is 5.57 Å². The highest BCUT2D eigenvalue weighted by atomic mass is 16.6. The van der Waals surface area contributed by atoms with Crippen molar-refractivity contribution < 1.29 is 19.4 Å². The van der Waals surface area contributed by atoms with Crippen molar-refractivity contribution in [1.29, 1.82) is 0 Å². The first kappa shape index (κ1) is 18.5. The van der Waals surface area contributed by atoms with E-state index in [0.29, 0.717) is 11.3 Å². The molecule has 1 rings (SSSR count). The van der Waals surface area contributed by atoms with Crippen molar-refractivity contribution in [2.75, 3.05) is 24.3 Å². The molecule has 0 aliphatic heterocycles. The number of aliphatic carboxylic acids is 1. The van der Waals surface area contributed by atoms with Crippen LogP contribution in [-0.4, -0.2) is 36.9 Å². The number of benzene rings is 1. The minimum absolute atomic E-state index is 0.176. The van der Waals surface area contributed by atoms with Crippen LogP contribution in [0.25, 0.3) is 6.08 Å². The zero-order valence-corrected chi connectivity index (χ0v) is 14.4. The lowest BCUT2D eigenvalue weighted by atomic mass is 10.1. The maximum absolute atomic E-state index is 12.0. The molecule has 1 amide bonds. The summed E-state index contributed by atoms with van der Waals surface area (Å²) in [6.07, 6.45) is 0.921.